The number of nitrogens with two attached hydrogens (primary N) is 1. The van der Waals surface area contributed by atoms with Crippen molar-refractivity contribution in [3.63, 3.8) is 0 Å². The van der Waals surface area contributed by atoms with Crippen LogP contribution in [0.3, 0.4) is 0 Å². The Morgan fingerprint density at radius 3 is 2.55 bits per heavy atom. The number of ether oxygens (including phenoxy) is 1. The Balaban J connectivity index is 0.00000176. The molecule has 2 N–H and O–H groups in total. The van der Waals surface area contributed by atoms with E-state index in [1.807, 2.05) is 12.1 Å². The number of aromatic nitrogens is 1. The fourth-order valence-electron chi connectivity index (χ4n) is 4.30. The number of primary amides is 1. The number of carbonyl (C=O) groups is 1. The van der Waals surface area contributed by atoms with Gasteiger partial charge in [0, 0.05) is 32.0 Å². The van der Waals surface area contributed by atoms with E-state index in [1.54, 1.807) is 13.2 Å². The first kappa shape index (κ1) is 17.2. The molecular formula is C16H24ClN3O2. The van der Waals surface area contributed by atoms with Gasteiger partial charge in [-0.25, -0.2) is 4.98 Å². The van der Waals surface area contributed by atoms with Crippen LogP contribution in [-0.2, 0) is 10.3 Å². The molecule has 2 aliphatic rings. The summed E-state index contributed by atoms with van der Waals surface area (Å²) in [4.78, 5) is 18.3. The molecule has 0 spiro atoms. The van der Waals surface area contributed by atoms with Crippen molar-refractivity contribution in [2.75, 3.05) is 27.2 Å². The summed E-state index contributed by atoms with van der Waals surface area (Å²) in [6.07, 6.45) is 3.51. The number of hydrogen-bond acceptors (Lipinski definition) is 4. The molecule has 1 saturated heterocycles. The fraction of sp³-hybridized carbons (Fsp3) is 0.625. The van der Waals surface area contributed by atoms with E-state index in [1.165, 1.54) is 6.42 Å². The van der Waals surface area contributed by atoms with Gasteiger partial charge in [0.1, 0.15) is 11.3 Å². The predicted octanol–water partition coefficient (Wildman–Crippen LogP) is 1.81. The lowest BCUT2D eigenvalue weighted by Crippen LogP contribution is -2.58. The SMILES string of the molecule is COC1(c2cccc(C(N)=O)n2)[C@@H]2CCC[C@H]1CN(C)C2.Cl. The second-order valence-electron chi connectivity index (χ2n) is 6.32. The van der Waals surface area contributed by atoms with E-state index in [9.17, 15) is 4.79 Å². The Morgan fingerprint density at radius 2 is 2.00 bits per heavy atom. The van der Waals surface area contributed by atoms with Crippen LogP contribution in [0.15, 0.2) is 18.2 Å². The van der Waals surface area contributed by atoms with Gasteiger partial charge in [0.25, 0.3) is 5.91 Å². The summed E-state index contributed by atoms with van der Waals surface area (Å²) >= 11 is 0. The van der Waals surface area contributed by atoms with Gasteiger partial charge in [0.2, 0.25) is 0 Å². The highest BCUT2D eigenvalue weighted by Gasteiger charge is 2.53. The molecule has 6 heteroatoms. The van der Waals surface area contributed by atoms with Gasteiger partial charge in [-0.2, -0.15) is 0 Å². The van der Waals surface area contributed by atoms with Crippen molar-refractivity contribution >= 4 is 18.3 Å². The Kier molecular flexibility index (Phi) is 5.10. The summed E-state index contributed by atoms with van der Waals surface area (Å²) in [5.74, 6) is 0.340. The molecule has 1 unspecified atom stereocenters. The van der Waals surface area contributed by atoms with E-state index in [0.717, 1.165) is 31.6 Å². The summed E-state index contributed by atoms with van der Waals surface area (Å²) in [5.41, 5.74) is 6.19. The zero-order chi connectivity index (χ0) is 15.0. The number of methoxy groups -OCH3 is 1. The number of fused-ring (bicyclic) bond motifs is 2. The molecule has 122 valence electrons. The van der Waals surface area contributed by atoms with Crippen LogP contribution in [0.5, 0.6) is 0 Å². The van der Waals surface area contributed by atoms with Gasteiger partial charge >= 0.3 is 0 Å². The maximum Gasteiger partial charge on any atom is 0.267 e. The number of piperidine rings is 1. The average Bonchev–Trinajstić information content (AvgIpc) is 2.46. The summed E-state index contributed by atoms with van der Waals surface area (Å²) in [6, 6.07) is 5.50. The minimum atomic E-state index is -0.485. The Hall–Kier alpha value is -1.17. The van der Waals surface area contributed by atoms with E-state index in [-0.39, 0.29) is 18.0 Å². The van der Waals surface area contributed by atoms with Crippen molar-refractivity contribution < 1.29 is 9.53 Å². The lowest BCUT2D eigenvalue weighted by Gasteiger charge is -2.54. The standard InChI is InChI=1S/C16H23N3O2.ClH/c1-19-9-11-5-3-6-12(10-19)16(11,21-2)14-8-4-7-13(18-14)15(17)20;/h4,7-8,11-12H,3,5-6,9-10H2,1-2H3,(H2,17,20);1H/t11-,12+,16?;. The lowest BCUT2D eigenvalue weighted by molar-refractivity contribution is -0.168. The smallest absolute Gasteiger partial charge is 0.267 e. The van der Waals surface area contributed by atoms with Crippen LogP contribution in [0.2, 0.25) is 0 Å². The molecule has 22 heavy (non-hydrogen) atoms. The molecule has 1 saturated carbocycles. The van der Waals surface area contributed by atoms with Crippen molar-refractivity contribution in [1.29, 1.82) is 0 Å². The molecule has 2 fully saturated rings. The normalized spacial score (nSPS) is 31.4. The summed E-state index contributed by atoms with van der Waals surface area (Å²) in [6.45, 7) is 2.01. The maximum atomic E-state index is 11.4. The molecule has 3 rings (SSSR count). The molecule has 0 radical (unpaired) electrons. The topological polar surface area (TPSA) is 68.5 Å². The number of nitrogens with zero attached hydrogens (tertiary/aromatic N) is 2. The molecule has 0 aromatic carbocycles. The van der Waals surface area contributed by atoms with Gasteiger partial charge in [-0.3, -0.25) is 4.79 Å². The van der Waals surface area contributed by atoms with Crippen LogP contribution >= 0.6 is 12.4 Å². The zero-order valence-corrected chi connectivity index (χ0v) is 13.9. The second kappa shape index (κ2) is 6.52. The Labute approximate surface area is 137 Å². The molecule has 2 heterocycles. The lowest BCUT2D eigenvalue weighted by atomic mass is 9.63. The Morgan fingerprint density at radius 1 is 1.36 bits per heavy atom. The van der Waals surface area contributed by atoms with Crippen LogP contribution in [0.25, 0.3) is 0 Å². The number of likely N-dealkylation sites (tertiary alicyclic amines) is 1. The first-order valence-corrected chi connectivity index (χ1v) is 7.59. The van der Waals surface area contributed by atoms with Crippen LogP contribution in [0.1, 0.15) is 35.4 Å². The second-order valence-corrected chi connectivity index (χ2v) is 6.32. The highest BCUT2D eigenvalue weighted by atomic mass is 35.5. The van der Waals surface area contributed by atoms with Crippen LogP contribution < -0.4 is 5.73 Å². The zero-order valence-electron chi connectivity index (χ0n) is 13.1. The minimum Gasteiger partial charge on any atom is -0.371 e. The number of hydrogen-bond donors (Lipinski definition) is 1. The van der Waals surface area contributed by atoms with Gasteiger partial charge in [0.15, 0.2) is 0 Å². The highest BCUT2D eigenvalue weighted by Crippen LogP contribution is 2.50. The molecule has 2 bridgehead atoms. The minimum absolute atomic E-state index is 0. The van der Waals surface area contributed by atoms with Gasteiger partial charge in [-0.15, -0.1) is 12.4 Å². The third-order valence-corrected chi connectivity index (χ3v) is 5.12. The van der Waals surface area contributed by atoms with E-state index < -0.39 is 5.91 Å². The Bertz CT molecular complexity index is 538. The first-order valence-electron chi connectivity index (χ1n) is 7.59. The van der Waals surface area contributed by atoms with E-state index in [0.29, 0.717) is 17.5 Å². The number of pyridine rings is 1. The third-order valence-electron chi connectivity index (χ3n) is 5.12. The van der Waals surface area contributed by atoms with Gasteiger partial charge in [-0.1, -0.05) is 12.5 Å². The number of halogens is 1. The summed E-state index contributed by atoms with van der Waals surface area (Å²) in [5, 5.41) is 0. The number of amides is 1. The van der Waals surface area contributed by atoms with Crippen molar-refractivity contribution in [2.45, 2.75) is 24.9 Å². The van der Waals surface area contributed by atoms with Crippen molar-refractivity contribution in [1.82, 2.24) is 9.88 Å². The maximum absolute atomic E-state index is 11.4. The molecule has 1 aromatic rings. The molecule has 1 aliphatic heterocycles. The van der Waals surface area contributed by atoms with Crippen molar-refractivity contribution in [3.05, 3.63) is 29.6 Å². The number of carbonyl (C=O) groups excluding carboxylic acids is 1. The summed E-state index contributed by atoms with van der Waals surface area (Å²) < 4.78 is 6.07. The average molecular weight is 326 g/mol. The molecule has 1 aromatic heterocycles. The van der Waals surface area contributed by atoms with Gasteiger partial charge < -0.3 is 15.4 Å². The highest BCUT2D eigenvalue weighted by molar-refractivity contribution is 5.90. The quantitative estimate of drug-likeness (QED) is 0.920. The van der Waals surface area contributed by atoms with E-state index in [2.05, 4.69) is 16.9 Å². The van der Waals surface area contributed by atoms with E-state index >= 15 is 0 Å². The molecule has 3 atom stereocenters. The van der Waals surface area contributed by atoms with Crippen LogP contribution in [0.4, 0.5) is 0 Å². The van der Waals surface area contributed by atoms with Crippen LogP contribution in [-0.4, -0.2) is 43.0 Å². The van der Waals surface area contributed by atoms with Crippen molar-refractivity contribution in [3.8, 4) is 0 Å². The molecule has 1 aliphatic carbocycles. The molecule has 1 amide bonds. The monoisotopic (exact) mass is 325 g/mol. The molecule has 5 nitrogen and oxygen atoms in total. The predicted molar refractivity (Wildman–Crippen MR) is 87.0 cm³/mol. The van der Waals surface area contributed by atoms with Gasteiger partial charge in [0.05, 0.1) is 5.69 Å². The van der Waals surface area contributed by atoms with Crippen LogP contribution in [0, 0.1) is 11.8 Å². The van der Waals surface area contributed by atoms with Gasteiger partial charge in [-0.05, 0) is 32.0 Å². The molecular weight excluding hydrogens is 302 g/mol. The fourth-order valence-corrected chi connectivity index (χ4v) is 4.30. The number of rotatable bonds is 3. The third kappa shape index (κ3) is 2.62. The first-order chi connectivity index (χ1) is 10.1. The van der Waals surface area contributed by atoms with Crippen molar-refractivity contribution in [2.24, 2.45) is 17.6 Å². The summed E-state index contributed by atoms with van der Waals surface area (Å²) in [7, 11) is 3.94. The largest absolute Gasteiger partial charge is 0.371 e. The van der Waals surface area contributed by atoms with E-state index in [4.69, 9.17) is 10.5 Å².